The number of nitrogens with zero attached hydrogens (tertiary/aromatic N) is 4. The van der Waals surface area contributed by atoms with Crippen molar-refractivity contribution in [2.45, 2.75) is 58.8 Å². The molecule has 2 heterocycles. The van der Waals surface area contributed by atoms with Crippen LogP contribution >= 0.6 is 15.9 Å². The van der Waals surface area contributed by atoms with Crippen LogP contribution < -0.4 is 14.8 Å². The molecule has 1 N–H and O–H groups in total. The molecule has 33 heavy (non-hydrogen) atoms. The number of hydrogen-bond acceptors (Lipinski definition) is 7. The summed E-state index contributed by atoms with van der Waals surface area (Å²) in [5.74, 6) is 2.88. The van der Waals surface area contributed by atoms with Gasteiger partial charge >= 0.3 is 0 Å². The highest BCUT2D eigenvalue weighted by Crippen LogP contribution is 2.36. The van der Waals surface area contributed by atoms with Gasteiger partial charge in [0.1, 0.15) is 16.1 Å². The predicted molar refractivity (Wildman–Crippen MR) is 137 cm³/mol. The molecule has 10 heteroatoms. The zero-order valence-corrected chi connectivity index (χ0v) is 23.3. The van der Waals surface area contributed by atoms with Crippen LogP contribution in [-0.4, -0.2) is 48.7 Å². The maximum Gasteiger partial charge on any atom is 0.198 e. The SMILES string of the molecule is COc1ccc(CNc2nc(Br)c(C)n3nc(CCO[Si](C)(C)C(C)(C)C)nc23)c(OC)c1. The van der Waals surface area contributed by atoms with Gasteiger partial charge in [-0.3, -0.25) is 0 Å². The Morgan fingerprint density at radius 3 is 2.48 bits per heavy atom. The van der Waals surface area contributed by atoms with E-state index in [1.54, 1.807) is 14.2 Å². The highest BCUT2D eigenvalue weighted by atomic mass is 79.9. The first-order valence-electron chi connectivity index (χ1n) is 11.0. The van der Waals surface area contributed by atoms with Gasteiger partial charge in [0.2, 0.25) is 0 Å². The number of nitrogens with one attached hydrogen (secondary N) is 1. The van der Waals surface area contributed by atoms with Crippen molar-refractivity contribution >= 4 is 35.7 Å². The quantitative estimate of drug-likeness (QED) is 0.367. The van der Waals surface area contributed by atoms with Gasteiger partial charge in [-0.05, 0) is 53.1 Å². The molecular weight excluding hydrogens is 502 g/mol. The average Bonchev–Trinajstić information content (AvgIpc) is 3.18. The molecule has 8 nitrogen and oxygen atoms in total. The Hall–Kier alpha value is -2.17. The van der Waals surface area contributed by atoms with E-state index < -0.39 is 8.32 Å². The maximum absolute atomic E-state index is 6.31. The molecule has 180 valence electrons. The smallest absolute Gasteiger partial charge is 0.198 e. The molecule has 0 atom stereocenters. The second kappa shape index (κ2) is 9.98. The Balaban J connectivity index is 1.81. The Labute approximate surface area is 205 Å². The molecule has 1 aromatic carbocycles. The molecule has 0 aliphatic carbocycles. The normalized spacial score (nSPS) is 12.3. The summed E-state index contributed by atoms with van der Waals surface area (Å²) in [6.45, 7) is 14.3. The number of hydrogen-bond donors (Lipinski definition) is 1. The molecule has 3 rings (SSSR count). The van der Waals surface area contributed by atoms with Crippen LogP contribution in [-0.2, 0) is 17.4 Å². The lowest BCUT2D eigenvalue weighted by Crippen LogP contribution is -2.41. The summed E-state index contributed by atoms with van der Waals surface area (Å²) in [6, 6.07) is 5.74. The van der Waals surface area contributed by atoms with Crippen molar-refractivity contribution < 1.29 is 13.9 Å². The molecule has 0 fully saturated rings. The van der Waals surface area contributed by atoms with E-state index >= 15 is 0 Å². The Kier molecular flexibility index (Phi) is 7.70. The minimum absolute atomic E-state index is 0.171. The fraction of sp³-hybridized carbons (Fsp3) is 0.522. The van der Waals surface area contributed by atoms with Crippen molar-refractivity contribution in [1.82, 2.24) is 19.6 Å². The molecule has 0 amide bonds. The van der Waals surface area contributed by atoms with Gasteiger partial charge < -0.3 is 19.2 Å². The third kappa shape index (κ3) is 5.67. The van der Waals surface area contributed by atoms with Crippen LogP contribution in [0.25, 0.3) is 5.65 Å². The number of ether oxygens (including phenoxy) is 2. The van der Waals surface area contributed by atoms with Gasteiger partial charge in [0, 0.05) is 31.2 Å². The summed E-state index contributed by atoms with van der Waals surface area (Å²) in [5, 5.41) is 8.28. The topological polar surface area (TPSA) is 82.8 Å². The number of aromatic nitrogens is 4. The van der Waals surface area contributed by atoms with Gasteiger partial charge in [0.25, 0.3) is 0 Å². The van der Waals surface area contributed by atoms with Gasteiger partial charge in [-0.1, -0.05) is 20.8 Å². The molecule has 0 spiro atoms. The first-order valence-corrected chi connectivity index (χ1v) is 14.7. The fourth-order valence-corrected chi connectivity index (χ4v) is 4.46. The number of anilines is 1. The van der Waals surface area contributed by atoms with Crippen molar-refractivity contribution in [2.24, 2.45) is 0 Å². The lowest BCUT2D eigenvalue weighted by Gasteiger charge is -2.36. The van der Waals surface area contributed by atoms with Crippen molar-refractivity contribution in [1.29, 1.82) is 0 Å². The second-order valence-electron chi connectivity index (χ2n) is 9.49. The van der Waals surface area contributed by atoms with Crippen LogP contribution in [0.15, 0.2) is 22.8 Å². The van der Waals surface area contributed by atoms with E-state index in [1.165, 1.54) is 0 Å². The first kappa shape index (κ1) is 25.4. The molecule has 3 aromatic rings. The molecule has 0 saturated heterocycles. The van der Waals surface area contributed by atoms with Crippen molar-refractivity contribution in [3.63, 3.8) is 0 Å². The standard InChI is InChI=1S/C23H34BrN5O3Si/c1-15-20(24)27-21(25-14-16-9-10-17(30-5)13-18(16)31-6)22-26-19(28-29(15)22)11-12-32-33(7,8)23(2,3)4/h9-10,13H,11-12,14H2,1-8H3,(H,25,27). The summed E-state index contributed by atoms with van der Waals surface area (Å²) in [6.07, 6.45) is 0.650. The summed E-state index contributed by atoms with van der Waals surface area (Å²) in [4.78, 5) is 9.43. The van der Waals surface area contributed by atoms with Gasteiger partial charge in [-0.25, -0.2) is 14.5 Å². The molecule has 0 radical (unpaired) electrons. The van der Waals surface area contributed by atoms with E-state index in [1.807, 2.05) is 29.6 Å². The minimum Gasteiger partial charge on any atom is -0.497 e. The third-order valence-corrected chi connectivity index (χ3v) is 11.5. The van der Waals surface area contributed by atoms with E-state index in [4.69, 9.17) is 24.0 Å². The molecule has 0 aliphatic rings. The summed E-state index contributed by atoms with van der Waals surface area (Å²) < 4.78 is 19.7. The van der Waals surface area contributed by atoms with Crippen LogP contribution in [0, 0.1) is 6.92 Å². The molecule has 0 unspecified atom stereocenters. The monoisotopic (exact) mass is 535 g/mol. The maximum atomic E-state index is 6.31. The van der Waals surface area contributed by atoms with Gasteiger partial charge in [0.15, 0.2) is 25.6 Å². The van der Waals surface area contributed by atoms with E-state index in [0.29, 0.717) is 35.6 Å². The number of fused-ring (bicyclic) bond motifs is 1. The fourth-order valence-electron chi connectivity index (χ4n) is 3.07. The number of methoxy groups -OCH3 is 2. The number of rotatable bonds is 9. The molecule has 0 saturated carbocycles. The van der Waals surface area contributed by atoms with Crippen LogP contribution in [0.2, 0.25) is 18.1 Å². The Bertz CT molecular complexity index is 1130. The highest BCUT2D eigenvalue weighted by Gasteiger charge is 2.37. The van der Waals surface area contributed by atoms with E-state index in [2.05, 4.69) is 60.1 Å². The Morgan fingerprint density at radius 1 is 1.12 bits per heavy atom. The first-order chi connectivity index (χ1) is 15.5. The molecule has 0 aliphatic heterocycles. The number of aryl methyl sites for hydroxylation is 1. The summed E-state index contributed by atoms with van der Waals surface area (Å²) >= 11 is 3.55. The van der Waals surface area contributed by atoms with Crippen molar-refractivity contribution in [3.05, 3.63) is 39.9 Å². The van der Waals surface area contributed by atoms with E-state index in [9.17, 15) is 0 Å². The highest BCUT2D eigenvalue weighted by molar-refractivity contribution is 9.10. The zero-order chi connectivity index (χ0) is 24.4. The summed E-state index contributed by atoms with van der Waals surface area (Å²) in [7, 11) is 1.47. The van der Waals surface area contributed by atoms with Gasteiger partial charge in [-0.15, -0.1) is 0 Å². The number of halogens is 1. The largest absolute Gasteiger partial charge is 0.497 e. The summed E-state index contributed by atoms with van der Waals surface area (Å²) in [5.41, 5.74) is 2.56. The lowest BCUT2D eigenvalue weighted by molar-refractivity contribution is 0.289. The van der Waals surface area contributed by atoms with Gasteiger partial charge in [0.05, 0.1) is 19.9 Å². The second-order valence-corrected chi connectivity index (χ2v) is 15.1. The van der Waals surface area contributed by atoms with Crippen molar-refractivity contribution in [2.75, 3.05) is 26.1 Å². The average molecular weight is 537 g/mol. The zero-order valence-electron chi connectivity index (χ0n) is 20.7. The lowest BCUT2D eigenvalue weighted by atomic mass is 10.2. The van der Waals surface area contributed by atoms with E-state index in [0.717, 1.165) is 28.6 Å². The van der Waals surface area contributed by atoms with Gasteiger partial charge in [-0.2, -0.15) is 5.10 Å². The minimum atomic E-state index is -1.81. The predicted octanol–water partition coefficient (Wildman–Crippen LogP) is 5.39. The molecule has 2 aromatic heterocycles. The van der Waals surface area contributed by atoms with Crippen LogP contribution in [0.4, 0.5) is 5.82 Å². The molecular formula is C23H34BrN5O3Si. The Morgan fingerprint density at radius 2 is 1.85 bits per heavy atom. The third-order valence-electron chi connectivity index (χ3n) is 6.22. The van der Waals surface area contributed by atoms with Crippen LogP contribution in [0.5, 0.6) is 11.5 Å². The number of benzene rings is 1. The molecule has 0 bridgehead atoms. The van der Waals surface area contributed by atoms with E-state index in [-0.39, 0.29) is 5.04 Å². The van der Waals surface area contributed by atoms with Crippen molar-refractivity contribution in [3.8, 4) is 11.5 Å². The van der Waals surface area contributed by atoms with Crippen LogP contribution in [0.3, 0.4) is 0 Å². The van der Waals surface area contributed by atoms with Crippen LogP contribution in [0.1, 0.15) is 37.9 Å².